The molecule has 0 atom stereocenters. The Balaban J connectivity index is 2.46. The molecule has 0 saturated heterocycles. The number of hydrogen-bond donors (Lipinski definition) is 2. The first kappa shape index (κ1) is 16.5. The molecule has 0 saturated carbocycles. The number of amides is 1. The highest BCUT2D eigenvalue weighted by Gasteiger charge is 2.08. The number of carbonyl (C=O) groups is 1. The molecule has 0 aliphatic carbocycles. The third kappa shape index (κ3) is 4.07. The molecule has 2 rings (SSSR count). The minimum atomic E-state index is -0.449. The minimum absolute atomic E-state index is 0.273. The number of carbonyl (C=O) groups excluding carboxylic acids is 1. The summed E-state index contributed by atoms with van der Waals surface area (Å²) in [7, 11) is 0. The van der Waals surface area contributed by atoms with Crippen molar-refractivity contribution in [3.8, 4) is 11.8 Å². The number of fused-ring (bicyclic) bond motifs is 1. The van der Waals surface area contributed by atoms with E-state index in [2.05, 4.69) is 27.1 Å². The molecule has 0 aliphatic rings. The number of H-pyrrole nitrogens is 1. The van der Waals surface area contributed by atoms with Gasteiger partial charge in [0, 0.05) is 23.3 Å². The number of rotatable bonds is 4. The van der Waals surface area contributed by atoms with Crippen molar-refractivity contribution in [1.82, 2.24) is 15.3 Å². The molecule has 2 N–H and O–H groups in total. The third-order valence-corrected chi connectivity index (χ3v) is 3.30. The van der Waals surface area contributed by atoms with Crippen LogP contribution < -0.4 is 5.32 Å². The van der Waals surface area contributed by atoms with Gasteiger partial charge in [-0.05, 0) is 50.0 Å². The second kappa shape index (κ2) is 7.41. The van der Waals surface area contributed by atoms with Crippen molar-refractivity contribution in [3.63, 3.8) is 0 Å². The summed E-state index contributed by atoms with van der Waals surface area (Å²) in [6.45, 7) is 5.26. The Kier molecular flexibility index (Phi) is 5.32. The van der Waals surface area contributed by atoms with Gasteiger partial charge in [0.2, 0.25) is 0 Å². The summed E-state index contributed by atoms with van der Waals surface area (Å²) in [5.74, 6) is 4.22. The normalized spacial score (nSPS) is 12.0. The van der Waals surface area contributed by atoms with Crippen molar-refractivity contribution < 1.29 is 9.18 Å². The number of aromatic nitrogens is 2. The summed E-state index contributed by atoms with van der Waals surface area (Å²) in [6.07, 6.45) is 6.65. The van der Waals surface area contributed by atoms with Crippen LogP contribution in [0.4, 0.5) is 4.39 Å². The van der Waals surface area contributed by atoms with Crippen molar-refractivity contribution in [2.75, 3.05) is 0 Å². The molecular weight excluding hydrogens is 293 g/mol. The maximum absolute atomic E-state index is 13.4. The molecule has 1 amide bonds. The van der Waals surface area contributed by atoms with E-state index in [1.807, 2.05) is 19.2 Å². The van der Waals surface area contributed by atoms with Gasteiger partial charge in [-0.15, -0.1) is 0 Å². The molecule has 0 bridgehead atoms. The topological polar surface area (TPSA) is 57.8 Å². The molecule has 2 aromatic rings. The van der Waals surface area contributed by atoms with Crippen LogP contribution in [0, 0.1) is 18.8 Å². The van der Waals surface area contributed by atoms with Crippen LogP contribution in [0.25, 0.3) is 16.7 Å². The number of allylic oxidation sites excluding steroid dienone is 3. The van der Waals surface area contributed by atoms with Crippen LogP contribution in [-0.2, 0) is 4.79 Å². The second-order valence-corrected chi connectivity index (χ2v) is 4.97. The van der Waals surface area contributed by atoms with Gasteiger partial charge < -0.3 is 10.3 Å². The Morgan fingerprint density at radius 3 is 2.96 bits per heavy atom. The van der Waals surface area contributed by atoms with E-state index in [1.165, 1.54) is 12.2 Å². The van der Waals surface area contributed by atoms with E-state index in [9.17, 15) is 9.18 Å². The Hall–Kier alpha value is -2.87. The third-order valence-electron chi connectivity index (χ3n) is 3.30. The fraction of sp³-hybridized carbons (Fsp3) is 0.222. The lowest BCUT2D eigenvalue weighted by Gasteiger charge is -2.07. The first-order valence-corrected chi connectivity index (χ1v) is 7.29. The van der Waals surface area contributed by atoms with Crippen LogP contribution in [-0.4, -0.2) is 15.9 Å². The fourth-order valence-electron chi connectivity index (χ4n) is 2.05. The molecule has 4 nitrogen and oxygen atoms in total. The minimum Gasteiger partial charge on any atom is -0.346 e. The van der Waals surface area contributed by atoms with E-state index in [0.717, 1.165) is 16.6 Å². The van der Waals surface area contributed by atoms with E-state index < -0.39 is 5.91 Å². The van der Waals surface area contributed by atoms with Crippen LogP contribution in [0.3, 0.4) is 0 Å². The standard InChI is InChI=1S/C18H18FN3O/c1-4-6-17(23)22-16(8-7-14(19)5-2)13-9-15-12(3)10-20-18(15)21-11-13/h7-11H,5H2,1-3H3,(H,20,21)(H,22,23)/b14-7+,16-8-. The van der Waals surface area contributed by atoms with Crippen LogP contribution >= 0.6 is 0 Å². The molecule has 2 heterocycles. The van der Waals surface area contributed by atoms with Crippen molar-refractivity contribution in [2.24, 2.45) is 0 Å². The molecule has 0 aliphatic heterocycles. The largest absolute Gasteiger partial charge is 0.346 e. The molecule has 0 fully saturated rings. The van der Waals surface area contributed by atoms with Crippen LogP contribution in [0.2, 0.25) is 0 Å². The highest BCUT2D eigenvalue weighted by Crippen LogP contribution is 2.20. The van der Waals surface area contributed by atoms with E-state index in [0.29, 0.717) is 17.7 Å². The Bertz CT molecular complexity index is 850. The monoisotopic (exact) mass is 311 g/mol. The Morgan fingerprint density at radius 2 is 2.26 bits per heavy atom. The Labute approximate surface area is 134 Å². The van der Waals surface area contributed by atoms with Crippen molar-refractivity contribution in [2.45, 2.75) is 27.2 Å². The summed E-state index contributed by atoms with van der Waals surface area (Å²) < 4.78 is 13.4. The summed E-state index contributed by atoms with van der Waals surface area (Å²) in [5, 5.41) is 3.63. The zero-order valence-corrected chi connectivity index (χ0v) is 13.3. The lowest BCUT2D eigenvalue weighted by Crippen LogP contribution is -2.20. The van der Waals surface area contributed by atoms with Gasteiger partial charge in [-0.25, -0.2) is 9.37 Å². The van der Waals surface area contributed by atoms with Crippen LogP contribution in [0.5, 0.6) is 0 Å². The van der Waals surface area contributed by atoms with Crippen molar-refractivity contribution >= 4 is 22.6 Å². The zero-order valence-electron chi connectivity index (χ0n) is 13.3. The van der Waals surface area contributed by atoms with Gasteiger partial charge in [-0.2, -0.15) is 0 Å². The van der Waals surface area contributed by atoms with Crippen molar-refractivity contribution in [1.29, 1.82) is 0 Å². The highest BCUT2D eigenvalue weighted by atomic mass is 19.1. The quantitative estimate of drug-likeness (QED) is 0.669. The number of halogens is 1. The number of pyridine rings is 1. The SMILES string of the molecule is CC#CC(=O)N/C(=C\C=C(\F)CC)c1cnc2[nH]cc(C)c2c1. The van der Waals surface area contributed by atoms with Crippen molar-refractivity contribution in [3.05, 3.63) is 47.6 Å². The maximum Gasteiger partial charge on any atom is 0.300 e. The summed E-state index contributed by atoms with van der Waals surface area (Å²) in [5.41, 5.74) is 2.95. The molecule has 0 spiro atoms. The summed E-state index contributed by atoms with van der Waals surface area (Å²) in [6, 6.07) is 1.90. The van der Waals surface area contributed by atoms with Gasteiger partial charge in [-0.3, -0.25) is 4.79 Å². The zero-order chi connectivity index (χ0) is 16.8. The first-order chi connectivity index (χ1) is 11.0. The van der Waals surface area contributed by atoms with E-state index in [-0.39, 0.29) is 5.83 Å². The molecule has 0 aromatic carbocycles. The van der Waals surface area contributed by atoms with E-state index >= 15 is 0 Å². The average Bonchev–Trinajstić information content (AvgIpc) is 2.92. The molecule has 23 heavy (non-hydrogen) atoms. The molecule has 118 valence electrons. The maximum atomic E-state index is 13.4. The molecule has 2 aromatic heterocycles. The lowest BCUT2D eigenvalue weighted by atomic mass is 10.1. The van der Waals surface area contributed by atoms with E-state index in [4.69, 9.17) is 0 Å². The van der Waals surface area contributed by atoms with Gasteiger partial charge in [0.15, 0.2) is 0 Å². The average molecular weight is 311 g/mol. The van der Waals surface area contributed by atoms with Gasteiger partial charge in [0.1, 0.15) is 5.65 Å². The predicted molar refractivity (Wildman–Crippen MR) is 89.9 cm³/mol. The van der Waals surface area contributed by atoms with Crippen LogP contribution in [0.1, 0.15) is 31.4 Å². The number of nitrogens with zero attached hydrogens (tertiary/aromatic N) is 1. The molecular formula is C18H18FN3O. The number of nitrogens with one attached hydrogen (secondary N) is 2. The second-order valence-electron chi connectivity index (χ2n) is 4.97. The molecule has 0 radical (unpaired) electrons. The molecule has 0 unspecified atom stereocenters. The summed E-state index contributed by atoms with van der Waals surface area (Å²) >= 11 is 0. The smallest absolute Gasteiger partial charge is 0.300 e. The van der Waals surface area contributed by atoms with E-state index in [1.54, 1.807) is 20.0 Å². The van der Waals surface area contributed by atoms with Gasteiger partial charge in [-0.1, -0.05) is 12.8 Å². The lowest BCUT2D eigenvalue weighted by molar-refractivity contribution is -0.114. The number of aryl methyl sites for hydroxylation is 1. The fourth-order valence-corrected chi connectivity index (χ4v) is 2.05. The van der Waals surface area contributed by atoms with Gasteiger partial charge >= 0.3 is 0 Å². The van der Waals surface area contributed by atoms with Gasteiger partial charge in [0.05, 0.1) is 11.5 Å². The Morgan fingerprint density at radius 1 is 1.48 bits per heavy atom. The predicted octanol–water partition coefficient (Wildman–Crippen LogP) is 3.62. The number of hydrogen-bond acceptors (Lipinski definition) is 2. The number of aromatic amines is 1. The highest BCUT2D eigenvalue weighted by molar-refractivity contribution is 5.99. The first-order valence-electron chi connectivity index (χ1n) is 7.29. The summed E-state index contributed by atoms with van der Waals surface area (Å²) in [4.78, 5) is 19.1. The van der Waals surface area contributed by atoms with Gasteiger partial charge in [0.25, 0.3) is 5.91 Å². The molecule has 5 heteroatoms. The van der Waals surface area contributed by atoms with Crippen LogP contribution in [0.15, 0.2) is 36.4 Å².